The van der Waals surface area contributed by atoms with Crippen LogP contribution in [-0.4, -0.2) is 88.4 Å². The van der Waals surface area contributed by atoms with Crippen molar-refractivity contribution in [2.24, 2.45) is 5.16 Å². The van der Waals surface area contributed by atoms with E-state index in [1.807, 2.05) is 128 Å². The number of aromatic nitrogens is 2. The number of methoxy groups -OCH3 is 1. The Morgan fingerprint density at radius 1 is 0.723 bits per heavy atom. The van der Waals surface area contributed by atoms with Gasteiger partial charge in [0, 0.05) is 53.3 Å². The lowest BCUT2D eigenvalue weighted by Gasteiger charge is -2.49. The average molecular weight is 1430 g/mol. The van der Waals surface area contributed by atoms with E-state index < -0.39 is 70.6 Å². The second-order valence-electron chi connectivity index (χ2n) is 21.2. The van der Waals surface area contributed by atoms with Gasteiger partial charge in [0.1, 0.15) is 40.7 Å². The molecule has 2 aromatic heterocycles. The van der Waals surface area contributed by atoms with Gasteiger partial charge in [-0.15, -0.1) is 34.9 Å². The molecule has 478 valence electrons. The van der Waals surface area contributed by atoms with Crippen molar-refractivity contribution >= 4 is 81.4 Å². The highest BCUT2D eigenvalue weighted by molar-refractivity contribution is 8.01. The van der Waals surface area contributed by atoms with Crippen molar-refractivity contribution in [1.82, 2.24) is 15.2 Å². The van der Waals surface area contributed by atoms with E-state index in [-0.39, 0.29) is 59.0 Å². The summed E-state index contributed by atoms with van der Waals surface area (Å²) in [5.74, 6) is -3.88. The van der Waals surface area contributed by atoms with E-state index in [9.17, 15) is 19.2 Å². The number of pyridine rings is 1. The van der Waals surface area contributed by atoms with Crippen LogP contribution in [0.1, 0.15) is 70.7 Å². The second kappa shape index (κ2) is 31.2. The smallest absolute Gasteiger partial charge is 0.355 e. The molecule has 7 aromatic carbocycles. The van der Waals surface area contributed by atoms with Crippen molar-refractivity contribution in [3.8, 4) is 17.2 Å². The average Bonchev–Trinajstić information content (AvgIpc) is 2.00. The lowest BCUT2D eigenvalue weighted by Crippen LogP contribution is -3.00. The zero-order valence-corrected chi connectivity index (χ0v) is 55.7. The SMILES string of the molecule is CN[n+]1ccc(SCC2=C(C(=O)OCc3ccc(OC)cc3)N3C(=O)[C@@H](NC(=O)/C(=N\O[C@@H](C(=O)OC(c4ccccc4)c4ccccc4)c4ccc(OC(C)=O)c(OC(C)=O)c4)c4csc(NC(c5ccccc5)(c5ccccc5)c5ccccc5)n4)[C@H]3SC2)cc1.[I-]. The van der Waals surface area contributed by atoms with Crippen LogP contribution in [0.2, 0.25) is 0 Å². The molecule has 0 aliphatic carbocycles. The molecule has 0 saturated carbocycles. The van der Waals surface area contributed by atoms with Crippen LogP contribution in [0.15, 0.2) is 245 Å². The van der Waals surface area contributed by atoms with E-state index in [2.05, 4.69) is 21.2 Å². The zero-order chi connectivity index (χ0) is 64.8. The van der Waals surface area contributed by atoms with Crippen LogP contribution < -0.4 is 58.9 Å². The summed E-state index contributed by atoms with van der Waals surface area (Å²) in [5, 5.41) is 12.3. The number of esters is 4. The zero-order valence-electron chi connectivity index (χ0n) is 51.1. The summed E-state index contributed by atoms with van der Waals surface area (Å²) >= 11 is 4.01. The molecule has 0 bridgehead atoms. The van der Waals surface area contributed by atoms with Crippen molar-refractivity contribution in [2.75, 3.05) is 36.4 Å². The van der Waals surface area contributed by atoms with Crippen LogP contribution in [0.4, 0.5) is 5.13 Å². The molecule has 2 aliphatic heterocycles. The maximum atomic E-state index is 15.5. The Hall–Kier alpha value is -9.82. The normalized spacial score (nSPS) is 14.6. The first-order chi connectivity index (χ1) is 45.3. The number of hydrogen-bond donors (Lipinski definition) is 3. The van der Waals surface area contributed by atoms with Gasteiger partial charge in [0.2, 0.25) is 18.5 Å². The van der Waals surface area contributed by atoms with Gasteiger partial charge in [0.15, 0.2) is 28.4 Å². The van der Waals surface area contributed by atoms with Crippen LogP contribution in [0.25, 0.3) is 0 Å². The number of benzene rings is 7. The number of hydrogen-bond acceptors (Lipinski definition) is 19. The fourth-order valence-corrected chi connectivity index (χ4v) is 13.7. The van der Waals surface area contributed by atoms with Gasteiger partial charge < -0.3 is 63.1 Å². The molecule has 0 spiro atoms. The predicted molar refractivity (Wildman–Crippen MR) is 353 cm³/mol. The molecule has 1 saturated heterocycles. The number of thiazole rings is 1. The Kier molecular flexibility index (Phi) is 22.3. The number of nitrogens with one attached hydrogen (secondary N) is 3. The lowest BCUT2D eigenvalue weighted by molar-refractivity contribution is -0.647. The molecular formula is C71H62IN7O12S3. The van der Waals surface area contributed by atoms with Crippen LogP contribution >= 0.6 is 34.9 Å². The number of carbonyl (C=O) groups excluding carboxylic acids is 6. The number of fused-ring (bicyclic) bond motifs is 1. The third-order valence-electron chi connectivity index (χ3n) is 15.1. The fourth-order valence-electron chi connectivity index (χ4n) is 10.6. The third kappa shape index (κ3) is 15.5. The number of ether oxygens (including phenoxy) is 5. The standard InChI is InChI=1S/C71H61N7O12S3.HI/c1-45(79)87-58-35-32-50(40-59(58)88-46(2)80)64(69(84)89-63(48-20-10-5-11-21-48)49-22-12-6-13-23-49)90-76-60(57-44-93-70(73-57)75-71(52-24-14-7-15-25-52,53-26-16-8-17-27-53)54-28-18-9-19-29-54)65(81)74-61-66(82)78-62(68(83)86-41-47-30-33-55(85-4)34-31-47)51(43-92-67(61)78)42-91-56-36-38-77(72-3)39-37-56;/h5-40,44,61,63-64,67,72H,41-43H2,1-4H3,(H-,73,74,75,81);1H/b76-60-;/t61-,64-,67-;/m1./s1. The Labute approximate surface area is 571 Å². The maximum absolute atomic E-state index is 15.5. The molecule has 23 heteroatoms. The van der Waals surface area contributed by atoms with E-state index in [1.54, 1.807) is 97.0 Å². The second-order valence-corrected chi connectivity index (χ2v) is 24.2. The van der Waals surface area contributed by atoms with E-state index >= 15 is 9.59 Å². The van der Waals surface area contributed by atoms with Crippen LogP contribution in [0.5, 0.6) is 17.2 Å². The summed E-state index contributed by atoms with van der Waals surface area (Å²) in [5.41, 5.74) is 6.71. The Morgan fingerprint density at radius 2 is 1.29 bits per heavy atom. The van der Waals surface area contributed by atoms with Crippen LogP contribution in [0, 0.1) is 0 Å². The van der Waals surface area contributed by atoms with E-state index in [0.29, 0.717) is 44.7 Å². The number of halogens is 1. The first-order valence-corrected chi connectivity index (χ1v) is 32.3. The molecule has 11 rings (SSSR count). The Balaban J connectivity index is 0.00000964. The van der Waals surface area contributed by atoms with Crippen molar-refractivity contribution in [2.45, 2.75) is 54.5 Å². The van der Waals surface area contributed by atoms with Gasteiger partial charge >= 0.3 is 23.9 Å². The van der Waals surface area contributed by atoms with E-state index in [4.69, 9.17) is 33.5 Å². The Bertz CT molecular complexity index is 4080. The number of oxime groups is 1. The van der Waals surface area contributed by atoms with Crippen molar-refractivity contribution in [3.63, 3.8) is 0 Å². The number of thioether (sulfide) groups is 2. The first kappa shape index (κ1) is 67.1. The molecular weight excluding hydrogens is 1370 g/mol. The highest BCUT2D eigenvalue weighted by Gasteiger charge is 2.55. The van der Waals surface area contributed by atoms with Gasteiger partial charge in [-0.1, -0.05) is 180 Å². The summed E-state index contributed by atoms with van der Waals surface area (Å²) in [7, 11) is 3.35. The highest BCUT2D eigenvalue weighted by Crippen LogP contribution is 2.44. The lowest BCUT2D eigenvalue weighted by atomic mass is 9.77. The van der Waals surface area contributed by atoms with Crippen LogP contribution in [0.3, 0.4) is 0 Å². The van der Waals surface area contributed by atoms with Gasteiger partial charge in [-0.25, -0.2) is 14.6 Å². The largest absolute Gasteiger partial charge is 1.00 e. The van der Waals surface area contributed by atoms with Gasteiger partial charge in [-0.2, -0.15) is 5.43 Å². The van der Waals surface area contributed by atoms with Gasteiger partial charge in [-0.3, -0.25) is 24.1 Å². The number of carbonyl (C=O) groups is 6. The van der Waals surface area contributed by atoms with Gasteiger partial charge in [-0.05, 0) is 63.2 Å². The maximum Gasteiger partial charge on any atom is 0.355 e. The highest BCUT2D eigenvalue weighted by atomic mass is 127. The molecule has 94 heavy (non-hydrogen) atoms. The number of anilines is 1. The number of nitrogens with zero attached hydrogens (tertiary/aromatic N) is 4. The summed E-state index contributed by atoms with van der Waals surface area (Å²) in [4.78, 5) is 98.6. The quantitative estimate of drug-likeness (QED) is 0.00570. The minimum atomic E-state index is -1.84. The molecule has 3 atom stereocenters. The third-order valence-corrected chi connectivity index (χ3v) is 18.3. The molecule has 0 radical (unpaired) electrons. The van der Waals surface area contributed by atoms with Gasteiger partial charge in [0.05, 0.1) is 14.2 Å². The number of amides is 2. The van der Waals surface area contributed by atoms with Crippen molar-refractivity contribution in [3.05, 3.63) is 280 Å². The molecule has 19 nitrogen and oxygen atoms in total. The topological polar surface area (TPSA) is 226 Å². The number of rotatable bonds is 25. The molecule has 4 heterocycles. The first-order valence-electron chi connectivity index (χ1n) is 29.3. The van der Waals surface area contributed by atoms with E-state index in [1.165, 1.54) is 53.5 Å². The fraction of sp³-hybridized carbons (Fsp3) is 0.169. The number of β-lactam (4-membered cyclic amide) rings is 1. The van der Waals surface area contributed by atoms with Crippen LogP contribution in [-0.2, 0) is 55.2 Å². The molecule has 0 unspecified atom stereocenters. The predicted octanol–water partition coefficient (Wildman–Crippen LogP) is 7.86. The minimum Gasteiger partial charge on any atom is -1.00 e. The Morgan fingerprint density at radius 3 is 1.84 bits per heavy atom. The summed E-state index contributed by atoms with van der Waals surface area (Å²) in [6.07, 6.45) is 0.883. The summed E-state index contributed by atoms with van der Waals surface area (Å²) in [6.45, 7) is 2.23. The summed E-state index contributed by atoms with van der Waals surface area (Å²) in [6, 6.07) is 61.2. The van der Waals surface area contributed by atoms with E-state index in [0.717, 1.165) is 39.8 Å². The summed E-state index contributed by atoms with van der Waals surface area (Å²) < 4.78 is 30.4. The molecule has 3 N–H and O–H groups in total. The molecule has 2 amide bonds. The molecule has 1 fully saturated rings. The van der Waals surface area contributed by atoms with Crippen molar-refractivity contribution < 1.29 is 85.9 Å². The molecule has 9 aromatic rings. The molecule has 2 aliphatic rings. The minimum absolute atomic E-state index is 0. The van der Waals surface area contributed by atoms with Crippen molar-refractivity contribution in [1.29, 1.82) is 0 Å². The van der Waals surface area contributed by atoms with Gasteiger partial charge in [0.25, 0.3) is 11.8 Å². The monoisotopic (exact) mass is 1430 g/mol.